The number of amides is 2. The third-order valence-electron chi connectivity index (χ3n) is 3.04. The van der Waals surface area contributed by atoms with E-state index in [1.54, 1.807) is 0 Å². The van der Waals surface area contributed by atoms with Gasteiger partial charge in [-0.05, 0) is 42.5 Å². The van der Waals surface area contributed by atoms with Crippen LogP contribution in [0.5, 0.6) is 0 Å². The maximum absolute atomic E-state index is 12.3. The van der Waals surface area contributed by atoms with Gasteiger partial charge >= 0.3 is 0 Å². The minimum Gasteiger partial charge on any atom is -0.366 e. The molecule has 0 heterocycles. The zero-order valence-electron chi connectivity index (χ0n) is 12.0. The molecule has 0 aliphatic carbocycles. The Morgan fingerprint density at radius 1 is 1.09 bits per heavy atom. The van der Waals surface area contributed by atoms with E-state index in [0.717, 1.165) is 6.26 Å². The highest BCUT2D eigenvalue weighted by Crippen LogP contribution is 2.22. The lowest BCUT2D eigenvalue weighted by molar-refractivity contribution is 0.0998. The molecule has 3 N–H and O–H groups in total. The van der Waals surface area contributed by atoms with E-state index in [0.29, 0.717) is 11.3 Å². The fourth-order valence-corrected chi connectivity index (χ4v) is 2.68. The summed E-state index contributed by atoms with van der Waals surface area (Å²) in [6, 6.07) is 9.83. The van der Waals surface area contributed by atoms with E-state index < -0.39 is 21.7 Å². The molecule has 0 aromatic heterocycles. The first-order chi connectivity index (χ1) is 10.7. The number of benzene rings is 2. The van der Waals surface area contributed by atoms with E-state index in [1.807, 2.05) is 0 Å². The molecule has 2 aromatic carbocycles. The summed E-state index contributed by atoms with van der Waals surface area (Å²) < 4.78 is 23.1. The lowest BCUT2D eigenvalue weighted by Crippen LogP contribution is -2.14. The number of nitrogens with two attached hydrogens (primary N) is 1. The molecule has 23 heavy (non-hydrogen) atoms. The Labute approximate surface area is 138 Å². The molecule has 0 saturated heterocycles. The molecule has 120 valence electrons. The Morgan fingerprint density at radius 3 is 2.22 bits per heavy atom. The van der Waals surface area contributed by atoms with Crippen molar-refractivity contribution >= 4 is 38.9 Å². The van der Waals surface area contributed by atoms with Crippen molar-refractivity contribution < 1.29 is 18.0 Å². The third kappa shape index (κ3) is 4.08. The van der Waals surface area contributed by atoms with Crippen LogP contribution in [0.15, 0.2) is 47.4 Å². The molecule has 8 heteroatoms. The van der Waals surface area contributed by atoms with Crippen molar-refractivity contribution in [2.75, 3.05) is 11.6 Å². The smallest absolute Gasteiger partial charge is 0.257 e. The topological polar surface area (TPSA) is 106 Å². The van der Waals surface area contributed by atoms with Gasteiger partial charge in [-0.15, -0.1) is 0 Å². The van der Waals surface area contributed by atoms with Crippen molar-refractivity contribution in [2.24, 2.45) is 5.73 Å². The molecule has 6 nitrogen and oxygen atoms in total. The summed E-state index contributed by atoms with van der Waals surface area (Å²) in [6.45, 7) is 0. The second-order valence-corrected chi connectivity index (χ2v) is 7.23. The van der Waals surface area contributed by atoms with Crippen molar-refractivity contribution in [3.05, 3.63) is 58.6 Å². The van der Waals surface area contributed by atoms with E-state index >= 15 is 0 Å². The van der Waals surface area contributed by atoms with Gasteiger partial charge in [0, 0.05) is 17.5 Å². The van der Waals surface area contributed by atoms with Gasteiger partial charge in [-0.2, -0.15) is 0 Å². The summed E-state index contributed by atoms with van der Waals surface area (Å²) in [5.41, 5.74) is 5.89. The van der Waals surface area contributed by atoms with Gasteiger partial charge < -0.3 is 11.1 Å². The highest BCUT2D eigenvalue weighted by molar-refractivity contribution is 7.90. The number of hydrogen-bond acceptors (Lipinski definition) is 4. The summed E-state index contributed by atoms with van der Waals surface area (Å²) in [6.07, 6.45) is 1.04. The Balaban J connectivity index is 2.28. The fraction of sp³-hybridized carbons (Fsp3) is 0.0667. The number of hydrogen-bond donors (Lipinski definition) is 2. The highest BCUT2D eigenvalue weighted by Gasteiger charge is 2.15. The Morgan fingerprint density at radius 2 is 1.70 bits per heavy atom. The van der Waals surface area contributed by atoms with Crippen LogP contribution in [0.2, 0.25) is 5.02 Å². The van der Waals surface area contributed by atoms with Gasteiger partial charge in [-0.25, -0.2) is 8.42 Å². The molecular formula is C15H13ClN2O4S. The molecule has 0 fully saturated rings. The van der Waals surface area contributed by atoms with Crippen LogP contribution < -0.4 is 11.1 Å². The molecule has 0 radical (unpaired) electrons. The molecule has 0 unspecified atom stereocenters. The predicted octanol–water partition coefficient (Wildman–Crippen LogP) is 2.09. The van der Waals surface area contributed by atoms with Gasteiger partial charge in [-0.3, -0.25) is 9.59 Å². The average Bonchev–Trinajstić information content (AvgIpc) is 2.46. The summed E-state index contributed by atoms with van der Waals surface area (Å²) in [7, 11) is -3.45. The molecule has 0 aliphatic rings. The maximum Gasteiger partial charge on any atom is 0.257 e. The second-order valence-electron chi connectivity index (χ2n) is 4.81. The van der Waals surface area contributed by atoms with Crippen molar-refractivity contribution in [1.82, 2.24) is 0 Å². The van der Waals surface area contributed by atoms with Crippen LogP contribution in [0, 0.1) is 0 Å². The van der Waals surface area contributed by atoms with Crippen LogP contribution in [0.4, 0.5) is 5.69 Å². The van der Waals surface area contributed by atoms with Gasteiger partial charge in [0.1, 0.15) is 0 Å². The minimum absolute atomic E-state index is 0.00359. The molecule has 2 aromatic rings. The fourth-order valence-electron chi connectivity index (χ4n) is 1.83. The van der Waals surface area contributed by atoms with Gasteiger partial charge in [0.05, 0.1) is 15.5 Å². The molecule has 2 amide bonds. The number of sulfone groups is 1. The van der Waals surface area contributed by atoms with Crippen LogP contribution in [-0.4, -0.2) is 26.5 Å². The molecule has 0 saturated carbocycles. The number of primary amides is 1. The summed E-state index contributed by atoms with van der Waals surface area (Å²) in [5, 5.41) is 2.70. The first kappa shape index (κ1) is 17.0. The summed E-state index contributed by atoms with van der Waals surface area (Å²) in [5.74, 6) is -1.14. The number of anilines is 1. The Hall–Kier alpha value is -2.38. The van der Waals surface area contributed by atoms with Crippen LogP contribution in [0.25, 0.3) is 0 Å². The molecule has 0 bridgehead atoms. The number of halogens is 1. The normalized spacial score (nSPS) is 11.0. The van der Waals surface area contributed by atoms with E-state index in [4.69, 9.17) is 17.3 Å². The Bertz CT molecular complexity index is 877. The van der Waals surface area contributed by atoms with E-state index in [9.17, 15) is 18.0 Å². The van der Waals surface area contributed by atoms with Gasteiger partial charge in [0.25, 0.3) is 5.91 Å². The van der Waals surface area contributed by atoms with Gasteiger partial charge in [0.15, 0.2) is 9.84 Å². The van der Waals surface area contributed by atoms with Gasteiger partial charge in [0.2, 0.25) is 5.91 Å². The van der Waals surface area contributed by atoms with E-state index in [1.165, 1.54) is 42.5 Å². The molecule has 0 aliphatic heterocycles. The molecule has 2 rings (SSSR count). The SMILES string of the molecule is CS(=O)(=O)c1ccc(Cl)c(C(=O)Nc2ccc(C(N)=O)cc2)c1. The summed E-state index contributed by atoms with van der Waals surface area (Å²) >= 11 is 5.96. The summed E-state index contributed by atoms with van der Waals surface area (Å²) in [4.78, 5) is 23.2. The molecule has 0 atom stereocenters. The zero-order valence-corrected chi connectivity index (χ0v) is 13.6. The standard InChI is InChI=1S/C15H13ClN2O4S/c1-23(21,22)11-6-7-13(16)12(8-11)15(20)18-10-4-2-9(3-5-10)14(17)19/h2-8H,1H3,(H2,17,19)(H,18,20). The predicted molar refractivity (Wildman–Crippen MR) is 87.5 cm³/mol. The van der Waals surface area contributed by atoms with Crippen LogP contribution in [-0.2, 0) is 9.84 Å². The lowest BCUT2D eigenvalue weighted by atomic mass is 10.1. The molecular weight excluding hydrogens is 340 g/mol. The van der Waals surface area contributed by atoms with E-state index in [2.05, 4.69) is 5.32 Å². The van der Waals surface area contributed by atoms with Crippen molar-refractivity contribution in [2.45, 2.75) is 4.90 Å². The number of carbonyl (C=O) groups excluding carboxylic acids is 2. The van der Waals surface area contributed by atoms with Crippen LogP contribution in [0.3, 0.4) is 0 Å². The average molecular weight is 353 g/mol. The van der Waals surface area contributed by atoms with E-state index in [-0.39, 0.29) is 15.5 Å². The Kier molecular flexibility index (Phi) is 4.72. The maximum atomic E-state index is 12.3. The third-order valence-corrected chi connectivity index (χ3v) is 4.48. The number of carbonyl (C=O) groups is 2. The minimum atomic E-state index is -3.45. The highest BCUT2D eigenvalue weighted by atomic mass is 35.5. The van der Waals surface area contributed by atoms with Crippen LogP contribution in [0.1, 0.15) is 20.7 Å². The van der Waals surface area contributed by atoms with Gasteiger partial charge in [-0.1, -0.05) is 11.6 Å². The first-order valence-electron chi connectivity index (χ1n) is 6.39. The first-order valence-corrected chi connectivity index (χ1v) is 8.66. The van der Waals surface area contributed by atoms with Crippen molar-refractivity contribution in [3.8, 4) is 0 Å². The van der Waals surface area contributed by atoms with Crippen molar-refractivity contribution in [3.63, 3.8) is 0 Å². The van der Waals surface area contributed by atoms with Crippen molar-refractivity contribution in [1.29, 1.82) is 0 Å². The monoisotopic (exact) mass is 352 g/mol. The lowest BCUT2D eigenvalue weighted by Gasteiger charge is -2.08. The number of nitrogens with one attached hydrogen (secondary N) is 1. The molecule has 0 spiro atoms. The largest absolute Gasteiger partial charge is 0.366 e. The second kappa shape index (κ2) is 6.39. The number of rotatable bonds is 4. The zero-order chi connectivity index (χ0) is 17.2. The van der Waals surface area contributed by atoms with Crippen LogP contribution >= 0.6 is 11.6 Å². The quantitative estimate of drug-likeness (QED) is 0.878.